The topological polar surface area (TPSA) is 78.4 Å². The van der Waals surface area contributed by atoms with Crippen LogP contribution in [0, 0.1) is 5.92 Å². The minimum absolute atomic E-state index is 0.415. The van der Waals surface area contributed by atoms with Gasteiger partial charge in [0.2, 0.25) is 0 Å². The van der Waals surface area contributed by atoms with E-state index in [2.05, 4.69) is 41.3 Å². The van der Waals surface area contributed by atoms with Gasteiger partial charge >= 0.3 is 0 Å². The Hall–Kier alpha value is -0.890. The van der Waals surface area contributed by atoms with Crippen LogP contribution >= 0.6 is 0 Å². The van der Waals surface area contributed by atoms with Gasteiger partial charge < -0.3 is 25.2 Å². The van der Waals surface area contributed by atoms with E-state index in [0.29, 0.717) is 44.6 Å². The molecule has 0 saturated carbocycles. The van der Waals surface area contributed by atoms with Crippen LogP contribution in [-0.4, -0.2) is 86.8 Å². The first-order chi connectivity index (χ1) is 12.5. The molecular formula is C19H38N4O3. The van der Waals surface area contributed by atoms with E-state index in [1.54, 1.807) is 0 Å². The maximum absolute atomic E-state index is 10.6. The molecule has 0 aromatic heterocycles. The Morgan fingerprint density at radius 3 is 2.38 bits per heavy atom. The van der Waals surface area contributed by atoms with Crippen molar-refractivity contribution in [3.05, 3.63) is 0 Å². The Bertz CT molecular complexity index is 419. The minimum Gasteiger partial charge on any atom is -0.388 e. The van der Waals surface area contributed by atoms with E-state index >= 15 is 0 Å². The van der Waals surface area contributed by atoms with Gasteiger partial charge in [-0.1, -0.05) is 13.8 Å². The molecule has 0 aliphatic carbocycles. The van der Waals surface area contributed by atoms with Crippen molar-refractivity contribution in [1.29, 1.82) is 0 Å². The first-order valence-electron chi connectivity index (χ1n) is 10.2. The van der Waals surface area contributed by atoms with E-state index in [4.69, 9.17) is 9.47 Å². The lowest BCUT2D eigenvalue weighted by atomic mass is 9.95. The van der Waals surface area contributed by atoms with Crippen molar-refractivity contribution < 1.29 is 14.6 Å². The van der Waals surface area contributed by atoms with Gasteiger partial charge in [-0.05, 0) is 19.3 Å². The average molecular weight is 371 g/mol. The van der Waals surface area contributed by atoms with Crippen molar-refractivity contribution in [3.63, 3.8) is 0 Å². The third-order valence-electron chi connectivity index (χ3n) is 5.11. The lowest BCUT2D eigenvalue weighted by molar-refractivity contribution is -0.0566. The molecule has 2 aliphatic heterocycles. The molecule has 0 amide bonds. The SMILES string of the molecule is CCNC(=NCC1(O)CCOCC1)NCC(CC(C)C)N1CCOCC1. The van der Waals surface area contributed by atoms with Crippen LogP contribution in [0.5, 0.6) is 0 Å². The van der Waals surface area contributed by atoms with Gasteiger partial charge in [0, 0.05) is 58.3 Å². The number of aliphatic hydroxyl groups is 1. The van der Waals surface area contributed by atoms with E-state index < -0.39 is 5.60 Å². The molecule has 0 bridgehead atoms. The monoisotopic (exact) mass is 370 g/mol. The molecular weight excluding hydrogens is 332 g/mol. The predicted molar refractivity (Wildman–Crippen MR) is 105 cm³/mol. The lowest BCUT2D eigenvalue weighted by Crippen LogP contribution is -2.51. The number of guanidine groups is 1. The van der Waals surface area contributed by atoms with E-state index in [1.807, 2.05) is 0 Å². The van der Waals surface area contributed by atoms with Crippen molar-refractivity contribution in [2.75, 3.05) is 59.2 Å². The fourth-order valence-electron chi connectivity index (χ4n) is 3.54. The maximum Gasteiger partial charge on any atom is 0.191 e. The third-order valence-corrected chi connectivity index (χ3v) is 5.11. The standard InChI is InChI=1S/C19H38N4O3/c1-4-20-18(22-15-19(24)5-9-25-10-6-19)21-14-17(13-16(2)3)23-7-11-26-12-8-23/h16-17,24H,4-15H2,1-3H3,(H2,20,21,22). The van der Waals surface area contributed by atoms with E-state index in [9.17, 15) is 5.11 Å². The fraction of sp³-hybridized carbons (Fsp3) is 0.947. The number of morpholine rings is 1. The highest BCUT2D eigenvalue weighted by atomic mass is 16.5. The molecule has 2 saturated heterocycles. The Morgan fingerprint density at radius 1 is 1.12 bits per heavy atom. The molecule has 26 heavy (non-hydrogen) atoms. The normalized spacial score (nSPS) is 23.0. The molecule has 1 atom stereocenters. The van der Waals surface area contributed by atoms with Gasteiger partial charge in [0.1, 0.15) is 0 Å². The molecule has 1 unspecified atom stereocenters. The van der Waals surface area contributed by atoms with Crippen molar-refractivity contribution in [3.8, 4) is 0 Å². The van der Waals surface area contributed by atoms with Crippen molar-refractivity contribution in [2.24, 2.45) is 10.9 Å². The summed E-state index contributed by atoms with van der Waals surface area (Å²) in [4.78, 5) is 7.17. The molecule has 152 valence electrons. The summed E-state index contributed by atoms with van der Waals surface area (Å²) in [7, 11) is 0. The van der Waals surface area contributed by atoms with Crippen molar-refractivity contribution in [1.82, 2.24) is 15.5 Å². The number of nitrogens with zero attached hydrogens (tertiary/aromatic N) is 2. The van der Waals surface area contributed by atoms with Gasteiger partial charge in [0.15, 0.2) is 5.96 Å². The fourth-order valence-corrected chi connectivity index (χ4v) is 3.54. The summed E-state index contributed by atoms with van der Waals surface area (Å²) in [6, 6.07) is 0.467. The van der Waals surface area contributed by atoms with Crippen LogP contribution in [-0.2, 0) is 9.47 Å². The van der Waals surface area contributed by atoms with Gasteiger partial charge in [0.05, 0.1) is 25.4 Å². The Labute approximate surface area is 158 Å². The Morgan fingerprint density at radius 2 is 1.77 bits per heavy atom. The molecule has 0 radical (unpaired) electrons. The van der Waals surface area contributed by atoms with Gasteiger partial charge in [-0.3, -0.25) is 9.89 Å². The lowest BCUT2D eigenvalue weighted by Gasteiger charge is -2.36. The molecule has 2 fully saturated rings. The van der Waals surface area contributed by atoms with Gasteiger partial charge in [-0.15, -0.1) is 0 Å². The molecule has 0 aromatic rings. The van der Waals surface area contributed by atoms with Gasteiger partial charge in [-0.25, -0.2) is 0 Å². The van der Waals surface area contributed by atoms with Crippen LogP contribution < -0.4 is 10.6 Å². The predicted octanol–water partition coefficient (Wildman–Crippen LogP) is 0.830. The highest BCUT2D eigenvalue weighted by molar-refractivity contribution is 5.79. The summed E-state index contributed by atoms with van der Waals surface area (Å²) < 4.78 is 10.8. The van der Waals surface area contributed by atoms with Gasteiger partial charge in [0.25, 0.3) is 0 Å². The summed E-state index contributed by atoms with van der Waals surface area (Å²) in [5.41, 5.74) is -0.734. The molecule has 2 aliphatic rings. The average Bonchev–Trinajstić information content (AvgIpc) is 2.64. The molecule has 7 nitrogen and oxygen atoms in total. The summed E-state index contributed by atoms with van der Waals surface area (Å²) in [6.45, 7) is 13.5. The molecule has 0 spiro atoms. The third kappa shape index (κ3) is 7.39. The number of rotatable bonds is 8. The van der Waals surface area contributed by atoms with E-state index in [-0.39, 0.29) is 0 Å². The van der Waals surface area contributed by atoms with Crippen LogP contribution in [0.1, 0.15) is 40.0 Å². The second-order valence-electron chi connectivity index (χ2n) is 7.84. The second-order valence-corrected chi connectivity index (χ2v) is 7.84. The highest BCUT2D eigenvalue weighted by Gasteiger charge is 2.29. The van der Waals surface area contributed by atoms with Gasteiger partial charge in [-0.2, -0.15) is 0 Å². The van der Waals surface area contributed by atoms with Crippen LogP contribution in [0.4, 0.5) is 0 Å². The molecule has 2 heterocycles. The highest BCUT2D eigenvalue weighted by Crippen LogP contribution is 2.20. The summed E-state index contributed by atoms with van der Waals surface area (Å²) >= 11 is 0. The minimum atomic E-state index is -0.734. The van der Waals surface area contributed by atoms with Crippen LogP contribution in [0.15, 0.2) is 4.99 Å². The molecule has 7 heteroatoms. The molecule has 2 rings (SSSR count). The summed E-state index contributed by atoms with van der Waals surface area (Å²) in [5, 5.41) is 17.4. The number of hydrogen-bond acceptors (Lipinski definition) is 5. The first-order valence-corrected chi connectivity index (χ1v) is 10.2. The van der Waals surface area contributed by atoms with E-state index in [0.717, 1.165) is 51.8 Å². The Balaban J connectivity index is 1.91. The zero-order chi connectivity index (χ0) is 18.8. The smallest absolute Gasteiger partial charge is 0.191 e. The number of aliphatic imine (C=N–C) groups is 1. The van der Waals surface area contributed by atoms with E-state index in [1.165, 1.54) is 0 Å². The summed E-state index contributed by atoms with van der Waals surface area (Å²) in [6.07, 6.45) is 2.45. The number of nitrogens with one attached hydrogen (secondary N) is 2. The first kappa shape index (κ1) is 21.4. The zero-order valence-corrected chi connectivity index (χ0v) is 16.8. The van der Waals surface area contributed by atoms with Crippen LogP contribution in [0.25, 0.3) is 0 Å². The zero-order valence-electron chi connectivity index (χ0n) is 16.8. The number of ether oxygens (including phenoxy) is 2. The largest absolute Gasteiger partial charge is 0.388 e. The maximum atomic E-state index is 10.6. The van der Waals surface area contributed by atoms with Crippen LogP contribution in [0.3, 0.4) is 0 Å². The number of hydrogen-bond donors (Lipinski definition) is 3. The Kier molecular flexibility index (Phi) is 9.11. The molecule has 0 aromatic carbocycles. The second kappa shape index (κ2) is 11.1. The van der Waals surface area contributed by atoms with Crippen molar-refractivity contribution in [2.45, 2.75) is 51.7 Å². The molecule has 3 N–H and O–H groups in total. The quantitative estimate of drug-likeness (QED) is 0.434. The summed E-state index contributed by atoms with van der Waals surface area (Å²) in [5.74, 6) is 1.43. The van der Waals surface area contributed by atoms with Crippen LogP contribution in [0.2, 0.25) is 0 Å². The van der Waals surface area contributed by atoms with Crippen molar-refractivity contribution >= 4 is 5.96 Å².